The Labute approximate surface area is 420 Å². The number of ether oxygens (including phenoxy) is 5. The van der Waals surface area contributed by atoms with Crippen LogP contribution < -0.4 is 0 Å². The zero-order valence-electron chi connectivity index (χ0n) is 42.9. The molecule has 8 fully saturated rings. The number of hydrogen-bond donors (Lipinski definition) is 2. The van der Waals surface area contributed by atoms with Crippen LogP contribution in [-0.2, 0) is 57.2 Å². The van der Waals surface area contributed by atoms with Gasteiger partial charge in [-0.25, -0.2) is 8.78 Å². The number of carbonyl (C=O) groups excluding carboxylic acids is 7. The van der Waals surface area contributed by atoms with Crippen LogP contribution in [0.25, 0.3) is 0 Å². The van der Waals surface area contributed by atoms with Crippen molar-refractivity contribution < 1.29 is 76.2 Å². The maximum Gasteiger partial charge on any atom is 0.306 e. The molecule has 10 aliphatic rings. The van der Waals surface area contributed by atoms with Gasteiger partial charge in [0, 0.05) is 72.0 Å². The molecular weight excluding hydrogens is 935 g/mol. The zero-order chi connectivity index (χ0) is 52.4. The number of Topliss-reactive ketones (excluding diaryl/α,β-unsaturated/α-hetero) is 2. The summed E-state index contributed by atoms with van der Waals surface area (Å²) in [7, 11) is 0. The summed E-state index contributed by atoms with van der Waals surface area (Å²) in [6.07, 6.45) is 11.5. The highest BCUT2D eigenvalue weighted by Crippen LogP contribution is 2.74. The third-order valence-corrected chi connectivity index (χ3v) is 20.5. The SMILES string of the molecule is CC(=O)OCC(=O)[C@@]12OC3(CCCC3)O[C@@H]1C[C@H]1[C@@H]3CCC4=CC(=O)C=C[C@]4(C)[C@@]3(F)[C@@H](O)C[C@@]12C.CCC(=O)OCC(=O)[C@@]1(OC(=O)CC)[C@@H](C)C[C@H]2[C@@H]3CCC4=CC(=O)C=C[C@]4(C)[C@@]3(F)[C@@H](O)C[C@@]21C. The quantitative estimate of drug-likeness (QED) is 0.171. The molecule has 16 atom stereocenters. The smallest absolute Gasteiger partial charge is 0.306 e. The number of fused-ring (bicyclic) bond motifs is 12. The van der Waals surface area contributed by atoms with Gasteiger partial charge >= 0.3 is 17.9 Å². The summed E-state index contributed by atoms with van der Waals surface area (Å²) in [6, 6.07) is 0. The van der Waals surface area contributed by atoms with E-state index in [2.05, 4.69) is 0 Å². The van der Waals surface area contributed by atoms with Crippen LogP contribution in [0.1, 0.15) is 145 Å². The van der Waals surface area contributed by atoms with Gasteiger partial charge < -0.3 is 33.9 Å². The van der Waals surface area contributed by atoms with Gasteiger partial charge in [0.05, 0.1) is 18.3 Å². The van der Waals surface area contributed by atoms with Crippen LogP contribution in [0.15, 0.2) is 47.6 Å². The summed E-state index contributed by atoms with van der Waals surface area (Å²) in [5, 5.41) is 23.2. The third-order valence-electron chi connectivity index (χ3n) is 20.5. The number of aliphatic hydroxyl groups excluding tert-OH is 2. The average Bonchev–Trinajstić information content (AvgIpc) is 4.05. The number of rotatable bonds is 9. The van der Waals surface area contributed by atoms with Crippen LogP contribution in [0, 0.1) is 51.2 Å². The lowest BCUT2D eigenvalue weighted by atomic mass is 9.44. The minimum Gasteiger partial charge on any atom is -0.458 e. The van der Waals surface area contributed by atoms with Crippen molar-refractivity contribution in [2.45, 2.75) is 192 Å². The topological polar surface area (TPSA) is 206 Å². The minimum absolute atomic E-state index is 0.0110. The fourth-order valence-electron chi connectivity index (χ4n) is 17.0. The number of ketones is 4. The van der Waals surface area contributed by atoms with Crippen molar-refractivity contribution in [3.63, 3.8) is 0 Å². The predicted octanol–water partition coefficient (Wildman–Crippen LogP) is 7.34. The van der Waals surface area contributed by atoms with Gasteiger partial charge in [0.15, 0.2) is 53.1 Å². The summed E-state index contributed by atoms with van der Waals surface area (Å²) in [4.78, 5) is 87.9. The predicted molar refractivity (Wildman–Crippen MR) is 254 cm³/mol. The van der Waals surface area contributed by atoms with Crippen LogP contribution in [0.5, 0.6) is 0 Å². The molecule has 2 N–H and O–H groups in total. The number of hydrogen-bond acceptors (Lipinski definition) is 14. The molecule has 1 spiro atoms. The van der Waals surface area contributed by atoms with E-state index < -0.39 is 123 Å². The molecule has 0 radical (unpaired) electrons. The van der Waals surface area contributed by atoms with E-state index in [9.17, 15) is 43.8 Å². The summed E-state index contributed by atoms with van der Waals surface area (Å²) in [5.74, 6) is -6.11. The van der Waals surface area contributed by atoms with E-state index in [0.717, 1.165) is 12.8 Å². The molecule has 0 aromatic rings. The van der Waals surface area contributed by atoms with Crippen molar-refractivity contribution in [3.05, 3.63) is 47.6 Å². The summed E-state index contributed by atoms with van der Waals surface area (Å²) in [6.45, 7) is 12.6. The van der Waals surface area contributed by atoms with Gasteiger partial charge in [-0.3, -0.25) is 33.6 Å². The molecule has 0 aromatic carbocycles. The molecule has 394 valence electrons. The van der Waals surface area contributed by atoms with Crippen molar-refractivity contribution in [2.75, 3.05) is 13.2 Å². The molecule has 0 unspecified atom stereocenters. The molecule has 72 heavy (non-hydrogen) atoms. The van der Waals surface area contributed by atoms with Crippen molar-refractivity contribution in [1.82, 2.24) is 0 Å². The van der Waals surface area contributed by atoms with Crippen LogP contribution >= 0.6 is 0 Å². The Morgan fingerprint density at radius 3 is 1.72 bits per heavy atom. The number of esters is 3. The molecule has 1 aliphatic heterocycles. The van der Waals surface area contributed by atoms with Crippen molar-refractivity contribution in [2.24, 2.45) is 51.2 Å². The summed E-state index contributed by atoms with van der Waals surface area (Å²) in [5.41, 5.74) is -9.98. The molecule has 0 bridgehead atoms. The Morgan fingerprint density at radius 1 is 0.708 bits per heavy atom. The maximum atomic E-state index is 17.4. The van der Waals surface area contributed by atoms with Gasteiger partial charge in [0.1, 0.15) is 0 Å². The standard InChI is InChI=1S/C28H35FO7.C28H37FO7/c1-16(30)34-15-22(33)28-23(35-26(36-28)9-4-5-10-26)13-20-19-7-6-17-12-18(31)8-11-24(17,2)27(19,29)21(32)14-25(20,28)3;1-6-23(33)35-15-22(32)28(36-24(34)7-2)16(3)12-20-19-9-8-17-13-18(30)10-11-25(17,4)27(19,29)21(31)14-26(20,28)5/h8,11-12,19-21,23,32H,4-7,9-10,13-15H2,1-3H3;10-11,13,16,19-21,31H,6-9,12,14-15H2,1-5H3/t19-,20-,21-,23+,24-,25-,27-,28+;16-,19-,20-,21-,25-,26-,27-,28-/m00/s1. The summed E-state index contributed by atoms with van der Waals surface area (Å²) >= 11 is 0. The molecular formula is C56H72F2O14. The molecule has 9 aliphatic carbocycles. The second-order valence-electron chi connectivity index (χ2n) is 23.7. The van der Waals surface area contributed by atoms with Gasteiger partial charge in [-0.1, -0.05) is 57.9 Å². The van der Waals surface area contributed by atoms with Crippen LogP contribution in [-0.4, -0.2) is 111 Å². The summed E-state index contributed by atoms with van der Waals surface area (Å²) < 4.78 is 64.4. The lowest BCUT2D eigenvalue weighted by molar-refractivity contribution is -0.253. The normalized spacial score (nSPS) is 45.6. The molecule has 16 heteroatoms. The van der Waals surface area contributed by atoms with Crippen LogP contribution in [0.3, 0.4) is 0 Å². The van der Waals surface area contributed by atoms with Crippen molar-refractivity contribution >= 4 is 41.0 Å². The highest BCUT2D eigenvalue weighted by atomic mass is 19.1. The van der Waals surface area contributed by atoms with Crippen LogP contribution in [0.2, 0.25) is 0 Å². The molecule has 14 nitrogen and oxygen atoms in total. The molecule has 1 heterocycles. The Morgan fingerprint density at radius 2 is 1.21 bits per heavy atom. The van der Waals surface area contributed by atoms with Crippen molar-refractivity contribution in [1.29, 1.82) is 0 Å². The van der Waals surface area contributed by atoms with Gasteiger partial charge in [0.25, 0.3) is 0 Å². The van der Waals surface area contributed by atoms with E-state index in [1.165, 1.54) is 31.2 Å². The Balaban J connectivity index is 0.000000178. The fraction of sp³-hybridized carbons (Fsp3) is 0.732. The zero-order valence-corrected chi connectivity index (χ0v) is 42.9. The highest BCUT2D eigenvalue weighted by molar-refractivity contribution is 6.02. The van der Waals surface area contributed by atoms with E-state index in [1.807, 2.05) is 13.8 Å². The number of allylic oxidation sites excluding steroid dienone is 8. The third kappa shape index (κ3) is 6.98. The lowest BCUT2D eigenvalue weighted by Gasteiger charge is -2.62. The van der Waals surface area contributed by atoms with E-state index in [4.69, 9.17) is 23.7 Å². The maximum absolute atomic E-state index is 17.4. The Bertz CT molecular complexity index is 2470. The molecule has 10 rings (SSSR count). The molecule has 1 saturated heterocycles. The van der Waals surface area contributed by atoms with E-state index in [1.54, 1.807) is 46.8 Å². The largest absolute Gasteiger partial charge is 0.458 e. The lowest BCUT2D eigenvalue weighted by Crippen LogP contribution is -2.70. The second-order valence-corrected chi connectivity index (χ2v) is 23.7. The van der Waals surface area contributed by atoms with Gasteiger partial charge in [-0.2, -0.15) is 0 Å². The number of carbonyl (C=O) groups is 7. The van der Waals surface area contributed by atoms with Crippen molar-refractivity contribution in [3.8, 4) is 0 Å². The number of alkyl halides is 2. The first kappa shape index (κ1) is 52.6. The second kappa shape index (κ2) is 17.7. The first-order chi connectivity index (χ1) is 33.7. The molecule has 7 saturated carbocycles. The first-order valence-corrected chi connectivity index (χ1v) is 26.3. The highest BCUT2D eigenvalue weighted by Gasteiger charge is 2.81. The molecule has 0 aromatic heterocycles. The average molecular weight is 1010 g/mol. The van der Waals surface area contributed by atoms with E-state index in [0.29, 0.717) is 62.5 Å². The Hall–Kier alpha value is -4.25. The van der Waals surface area contributed by atoms with E-state index in [-0.39, 0.29) is 54.9 Å². The number of aliphatic hydroxyl groups is 2. The van der Waals surface area contributed by atoms with Gasteiger partial charge in [-0.05, 0) is 114 Å². The monoisotopic (exact) mass is 1010 g/mol. The minimum atomic E-state index is -2.05. The van der Waals surface area contributed by atoms with E-state index >= 15 is 8.78 Å². The molecule has 0 amide bonds. The van der Waals surface area contributed by atoms with Gasteiger partial charge in [0.2, 0.25) is 11.6 Å². The Kier molecular flexibility index (Phi) is 12.9. The fourth-order valence-corrected chi connectivity index (χ4v) is 17.0. The van der Waals surface area contributed by atoms with Crippen LogP contribution in [0.4, 0.5) is 8.78 Å². The first-order valence-electron chi connectivity index (χ1n) is 26.3. The van der Waals surface area contributed by atoms with Gasteiger partial charge in [-0.15, -0.1) is 0 Å². The number of halogens is 2.